The number of aromatic nitrogens is 2. The third kappa shape index (κ3) is 5.60. The molecule has 212 valence electrons. The van der Waals surface area contributed by atoms with Crippen LogP contribution in [0.1, 0.15) is 30.9 Å². The molecule has 2 heterocycles. The lowest BCUT2D eigenvalue weighted by atomic mass is 10.0. The van der Waals surface area contributed by atoms with Crippen LogP contribution in [-0.4, -0.2) is 44.0 Å². The van der Waals surface area contributed by atoms with Gasteiger partial charge in [-0.25, -0.2) is 9.98 Å². The number of imidazole rings is 1. The van der Waals surface area contributed by atoms with Gasteiger partial charge in [-0.15, -0.1) is 13.2 Å². The number of amides is 1. The number of hydrogen-bond donors (Lipinski definition) is 0. The summed E-state index contributed by atoms with van der Waals surface area (Å²) in [5, 5.41) is 8.19. The number of halogens is 3. The number of fused-ring (bicyclic) bond motifs is 3. The fourth-order valence-corrected chi connectivity index (χ4v) is 5.59. The number of alkyl halides is 3. The van der Waals surface area contributed by atoms with E-state index in [4.69, 9.17) is 4.99 Å². The van der Waals surface area contributed by atoms with Crippen molar-refractivity contribution in [3.05, 3.63) is 96.3 Å². The molecule has 4 aromatic carbocycles. The van der Waals surface area contributed by atoms with Gasteiger partial charge >= 0.3 is 6.36 Å². The van der Waals surface area contributed by atoms with Crippen LogP contribution in [0.25, 0.3) is 27.5 Å². The Morgan fingerprint density at radius 3 is 2.57 bits per heavy atom. The van der Waals surface area contributed by atoms with Gasteiger partial charge in [0, 0.05) is 11.1 Å². The van der Waals surface area contributed by atoms with Gasteiger partial charge in [0.05, 0.1) is 28.7 Å². The van der Waals surface area contributed by atoms with Crippen LogP contribution in [0, 0.1) is 0 Å². The highest BCUT2D eigenvalue weighted by atomic mass is 32.2. The minimum atomic E-state index is -4.75. The summed E-state index contributed by atoms with van der Waals surface area (Å²) in [5.74, 6) is 0.140. The number of carbonyl (C=O) groups is 1. The molecule has 6 rings (SSSR count). The van der Waals surface area contributed by atoms with Crippen molar-refractivity contribution in [2.24, 2.45) is 10.1 Å². The van der Waals surface area contributed by atoms with Crippen molar-refractivity contribution in [2.75, 3.05) is 5.75 Å². The molecule has 1 fully saturated rings. The summed E-state index contributed by atoms with van der Waals surface area (Å²) >= 11 is 1.36. The molecule has 1 amide bonds. The smallest absolute Gasteiger partial charge is 0.406 e. The minimum Gasteiger partial charge on any atom is -0.406 e. The quantitative estimate of drug-likeness (QED) is 0.190. The molecule has 42 heavy (non-hydrogen) atoms. The van der Waals surface area contributed by atoms with Gasteiger partial charge in [0.15, 0.2) is 5.17 Å². The van der Waals surface area contributed by atoms with E-state index >= 15 is 0 Å². The van der Waals surface area contributed by atoms with Crippen molar-refractivity contribution in [3.8, 4) is 11.4 Å². The second kappa shape index (κ2) is 11.0. The van der Waals surface area contributed by atoms with Crippen LogP contribution < -0.4 is 4.74 Å². The Balaban J connectivity index is 1.26. The number of hydrogen-bond acceptors (Lipinski definition) is 6. The van der Waals surface area contributed by atoms with Gasteiger partial charge in [-0.2, -0.15) is 10.1 Å². The molecular formula is C31H24F3N5O2S. The summed E-state index contributed by atoms with van der Waals surface area (Å²) in [7, 11) is 0. The lowest BCUT2D eigenvalue weighted by Gasteiger charge is -2.12. The molecule has 1 saturated heterocycles. The number of hydrazone groups is 1. The van der Waals surface area contributed by atoms with Crippen molar-refractivity contribution in [1.29, 1.82) is 0 Å². The van der Waals surface area contributed by atoms with E-state index in [2.05, 4.69) is 28.7 Å². The van der Waals surface area contributed by atoms with E-state index in [1.165, 1.54) is 28.9 Å². The van der Waals surface area contributed by atoms with Crippen molar-refractivity contribution in [2.45, 2.75) is 26.1 Å². The van der Waals surface area contributed by atoms with Gasteiger partial charge in [0.2, 0.25) is 0 Å². The Bertz CT molecular complexity index is 1860. The summed E-state index contributed by atoms with van der Waals surface area (Å²) in [6, 6.07) is 23.2. The van der Waals surface area contributed by atoms with Gasteiger partial charge in [-0.05, 0) is 64.9 Å². The first kappa shape index (κ1) is 27.5. The molecular weight excluding hydrogens is 563 g/mol. The predicted octanol–water partition coefficient (Wildman–Crippen LogP) is 7.80. The summed E-state index contributed by atoms with van der Waals surface area (Å²) in [6.07, 6.45) is -1.47. The Labute approximate surface area is 243 Å². The zero-order chi connectivity index (χ0) is 29.4. The minimum absolute atomic E-state index is 0.136. The Morgan fingerprint density at radius 2 is 1.81 bits per heavy atom. The first-order chi connectivity index (χ1) is 20.2. The van der Waals surface area contributed by atoms with Crippen LogP contribution in [0.4, 0.5) is 18.9 Å². The molecule has 0 aliphatic carbocycles. The van der Waals surface area contributed by atoms with Crippen LogP contribution in [0.5, 0.6) is 5.75 Å². The molecule has 0 atom stereocenters. The maximum Gasteiger partial charge on any atom is 0.573 e. The van der Waals surface area contributed by atoms with Crippen LogP contribution in [-0.2, 0) is 4.79 Å². The fraction of sp³-hybridized carbons (Fsp3) is 0.161. The average molecular weight is 588 g/mol. The van der Waals surface area contributed by atoms with Gasteiger partial charge in [-0.1, -0.05) is 62.0 Å². The van der Waals surface area contributed by atoms with E-state index in [1.54, 1.807) is 29.2 Å². The molecule has 0 spiro atoms. The van der Waals surface area contributed by atoms with Gasteiger partial charge < -0.3 is 4.74 Å². The molecule has 0 bridgehead atoms. The van der Waals surface area contributed by atoms with E-state index in [9.17, 15) is 18.0 Å². The summed E-state index contributed by atoms with van der Waals surface area (Å²) in [5.41, 5.74) is 4.92. The van der Waals surface area contributed by atoms with Crippen LogP contribution in [0.15, 0.2) is 95.3 Å². The number of benzene rings is 4. The molecule has 0 unspecified atom stereocenters. The molecule has 5 aromatic rings. The maximum absolute atomic E-state index is 12.6. The van der Waals surface area contributed by atoms with Crippen molar-refractivity contribution in [3.63, 3.8) is 0 Å². The lowest BCUT2D eigenvalue weighted by Crippen LogP contribution is -2.23. The SMILES string of the molecule is CC(C)c1ccccc1N=C1SCC(=O)N1/N=C/c1ccc2c(ccc3c2ncn3-c2ccc(OC(F)(F)F)cc2)c1. The van der Waals surface area contributed by atoms with E-state index < -0.39 is 6.36 Å². The summed E-state index contributed by atoms with van der Waals surface area (Å²) in [4.78, 5) is 21.9. The molecule has 1 aromatic heterocycles. The number of rotatable bonds is 6. The molecule has 1 aliphatic heterocycles. The van der Waals surface area contributed by atoms with Crippen molar-refractivity contribution >= 4 is 56.5 Å². The number of thioether (sulfide) groups is 1. The normalized spacial score (nSPS) is 15.2. The highest BCUT2D eigenvalue weighted by Crippen LogP contribution is 2.31. The molecule has 11 heteroatoms. The topological polar surface area (TPSA) is 72.1 Å². The molecule has 1 aliphatic rings. The van der Waals surface area contributed by atoms with Crippen molar-refractivity contribution in [1.82, 2.24) is 14.6 Å². The van der Waals surface area contributed by atoms with E-state index in [1.807, 2.05) is 54.6 Å². The van der Waals surface area contributed by atoms with E-state index in [0.29, 0.717) is 16.8 Å². The maximum atomic E-state index is 12.6. The largest absolute Gasteiger partial charge is 0.573 e. The Hall–Kier alpha value is -4.64. The molecule has 0 radical (unpaired) electrons. The zero-order valence-electron chi connectivity index (χ0n) is 22.5. The first-order valence-corrected chi connectivity index (χ1v) is 14.1. The number of para-hydroxylation sites is 1. The molecule has 0 saturated carbocycles. The first-order valence-electron chi connectivity index (χ1n) is 13.1. The summed E-state index contributed by atoms with van der Waals surface area (Å²) < 4.78 is 43.3. The van der Waals surface area contributed by atoms with Gasteiger partial charge in [0.1, 0.15) is 12.1 Å². The fourth-order valence-electron chi connectivity index (χ4n) is 4.78. The van der Waals surface area contributed by atoms with Gasteiger partial charge in [0.25, 0.3) is 5.91 Å². The number of ether oxygens (including phenoxy) is 1. The van der Waals surface area contributed by atoms with Gasteiger partial charge in [-0.3, -0.25) is 9.36 Å². The highest BCUT2D eigenvalue weighted by molar-refractivity contribution is 8.15. The average Bonchev–Trinajstić information content (AvgIpc) is 3.55. The zero-order valence-corrected chi connectivity index (χ0v) is 23.4. The van der Waals surface area contributed by atoms with Crippen molar-refractivity contribution < 1.29 is 22.7 Å². The summed E-state index contributed by atoms with van der Waals surface area (Å²) in [6.45, 7) is 4.21. The number of aliphatic imine (C=N–C) groups is 1. The molecule has 0 N–H and O–H groups in total. The Morgan fingerprint density at radius 1 is 1.02 bits per heavy atom. The van der Waals surface area contributed by atoms with E-state index in [0.717, 1.165) is 38.6 Å². The standard InChI is InChI=1S/C31H24F3N5O2S/c1-19(2)24-5-3-4-6-26(24)37-30-39(28(40)17-42-30)36-16-20-7-13-25-21(15-20)8-14-27-29(25)35-18-38(27)22-9-11-23(12-10-22)41-31(32,33)34/h3-16,18-19H,17H2,1-2H3/b36-16+,37-30?. The van der Waals surface area contributed by atoms with E-state index in [-0.39, 0.29) is 17.4 Å². The van der Waals surface area contributed by atoms with Crippen LogP contribution in [0.3, 0.4) is 0 Å². The lowest BCUT2D eigenvalue weighted by molar-refractivity contribution is -0.274. The molecule has 7 nitrogen and oxygen atoms in total. The number of carbonyl (C=O) groups excluding carboxylic acids is 1. The monoisotopic (exact) mass is 587 g/mol. The Kier molecular flexibility index (Phi) is 7.19. The second-order valence-corrected chi connectivity index (χ2v) is 10.9. The number of nitrogens with zero attached hydrogens (tertiary/aromatic N) is 5. The predicted molar refractivity (Wildman–Crippen MR) is 160 cm³/mol. The second-order valence-electron chi connectivity index (χ2n) is 9.92. The third-order valence-electron chi connectivity index (χ3n) is 6.74. The highest BCUT2D eigenvalue weighted by Gasteiger charge is 2.31. The third-order valence-corrected chi connectivity index (χ3v) is 7.66. The number of amidine groups is 1. The van der Waals surface area contributed by atoms with Crippen LogP contribution in [0.2, 0.25) is 0 Å². The van der Waals surface area contributed by atoms with Crippen LogP contribution >= 0.6 is 11.8 Å².